The van der Waals surface area contributed by atoms with Crippen LogP contribution in [0.15, 0.2) is 4.47 Å². The minimum Gasteiger partial charge on any atom is -0.457 e. The minimum atomic E-state index is -0.832. The lowest BCUT2D eigenvalue weighted by Gasteiger charge is -2.48. The smallest absolute Gasteiger partial charge is 0.380 e. The third-order valence-electron chi connectivity index (χ3n) is 3.77. The molecule has 0 aliphatic carbocycles. The highest BCUT2D eigenvalue weighted by Crippen LogP contribution is 2.41. The van der Waals surface area contributed by atoms with E-state index in [1.165, 1.54) is 0 Å². The van der Waals surface area contributed by atoms with Crippen molar-refractivity contribution in [2.45, 2.75) is 47.6 Å². The van der Waals surface area contributed by atoms with E-state index in [0.29, 0.717) is 11.3 Å². The van der Waals surface area contributed by atoms with Crippen LogP contribution >= 0.6 is 15.9 Å². The van der Waals surface area contributed by atoms with Crippen LogP contribution in [0.2, 0.25) is 0 Å². The second-order valence-corrected chi connectivity index (χ2v) is 7.92. The first-order chi connectivity index (χ1) is 10.5. The Hall–Kier alpha value is -1.43. The van der Waals surface area contributed by atoms with Crippen molar-refractivity contribution < 1.29 is 14.3 Å². The number of pyridine rings is 1. The molecule has 23 heavy (non-hydrogen) atoms. The quantitative estimate of drug-likeness (QED) is 0.453. The number of hydrogen-bond acceptors (Lipinski definition) is 5. The summed E-state index contributed by atoms with van der Waals surface area (Å²) in [5.41, 5.74) is 2.64. The number of ether oxygens (including phenoxy) is 1. The van der Waals surface area contributed by atoms with Gasteiger partial charge in [0.05, 0.1) is 33.2 Å². The van der Waals surface area contributed by atoms with Crippen LogP contribution in [0.5, 0.6) is 0 Å². The molecular formula is C17H23BrN2O3. The Morgan fingerprint density at radius 2 is 1.78 bits per heavy atom. The summed E-state index contributed by atoms with van der Waals surface area (Å²) in [6.07, 6.45) is -0.333. The topological polar surface area (TPSA) is 59.5 Å². The van der Waals surface area contributed by atoms with Gasteiger partial charge in [-0.1, -0.05) is 13.8 Å². The zero-order chi connectivity index (χ0) is 17.5. The van der Waals surface area contributed by atoms with Crippen molar-refractivity contribution in [1.29, 1.82) is 0 Å². The van der Waals surface area contributed by atoms with E-state index in [9.17, 15) is 9.59 Å². The Balaban J connectivity index is 2.48. The van der Waals surface area contributed by atoms with E-state index in [4.69, 9.17) is 4.74 Å². The van der Waals surface area contributed by atoms with Crippen LogP contribution in [-0.2, 0) is 9.53 Å². The van der Waals surface area contributed by atoms with Crippen molar-refractivity contribution >= 4 is 33.4 Å². The fraction of sp³-hybridized carbons (Fsp3) is 0.588. The molecule has 0 spiro atoms. The summed E-state index contributed by atoms with van der Waals surface area (Å²) in [6.45, 7) is 13.1. The molecule has 0 atom stereocenters. The molecular weight excluding hydrogens is 360 g/mol. The van der Waals surface area contributed by atoms with Crippen LogP contribution in [0.4, 0.5) is 5.69 Å². The Morgan fingerprint density at radius 3 is 2.26 bits per heavy atom. The number of halogens is 1. The molecule has 1 aliphatic heterocycles. The van der Waals surface area contributed by atoms with Gasteiger partial charge in [-0.2, -0.15) is 0 Å². The Morgan fingerprint density at radius 1 is 1.22 bits per heavy atom. The first-order valence-corrected chi connectivity index (χ1v) is 8.50. The van der Waals surface area contributed by atoms with Gasteiger partial charge in [-0.15, -0.1) is 0 Å². The molecule has 1 aromatic heterocycles. The summed E-state index contributed by atoms with van der Waals surface area (Å²) >= 11 is 3.54. The average Bonchev–Trinajstić information content (AvgIpc) is 2.38. The first kappa shape index (κ1) is 17.9. The van der Waals surface area contributed by atoms with Crippen molar-refractivity contribution in [3.8, 4) is 0 Å². The molecule has 0 amide bonds. The van der Waals surface area contributed by atoms with Gasteiger partial charge in [0, 0.05) is 13.1 Å². The molecule has 1 aliphatic rings. The van der Waals surface area contributed by atoms with Gasteiger partial charge in [-0.25, -0.2) is 4.79 Å². The average molecular weight is 383 g/mol. The molecule has 0 unspecified atom stereocenters. The minimum absolute atomic E-state index is 0.198. The summed E-state index contributed by atoms with van der Waals surface area (Å²) in [6, 6.07) is 0. The van der Waals surface area contributed by atoms with Crippen molar-refractivity contribution in [3.05, 3.63) is 21.4 Å². The standard InChI is InChI=1S/C17H23BrN2O3/c1-9(2)23-16(22)15(21)12-10(3)19-11(4)13(18)14(12)20-7-17(5,6)8-20/h9H,7-8H2,1-6H3. The summed E-state index contributed by atoms with van der Waals surface area (Å²) in [5, 5.41) is 0. The summed E-state index contributed by atoms with van der Waals surface area (Å²) in [4.78, 5) is 31.2. The Kier molecular flexibility index (Phi) is 4.85. The summed E-state index contributed by atoms with van der Waals surface area (Å²) in [5.74, 6) is -1.47. The summed E-state index contributed by atoms with van der Waals surface area (Å²) in [7, 11) is 0. The highest BCUT2D eigenvalue weighted by molar-refractivity contribution is 9.10. The maximum absolute atomic E-state index is 12.6. The molecule has 5 nitrogen and oxygen atoms in total. The molecule has 0 N–H and O–H groups in total. The highest BCUT2D eigenvalue weighted by atomic mass is 79.9. The molecule has 0 aromatic carbocycles. The van der Waals surface area contributed by atoms with Crippen molar-refractivity contribution in [1.82, 2.24) is 4.98 Å². The van der Waals surface area contributed by atoms with E-state index in [-0.39, 0.29) is 11.5 Å². The third kappa shape index (κ3) is 3.57. The lowest BCUT2D eigenvalue weighted by molar-refractivity contribution is -0.141. The Bertz CT molecular complexity index is 660. The predicted octanol–water partition coefficient (Wildman–Crippen LogP) is 3.44. The number of aryl methyl sites for hydroxylation is 2. The molecule has 1 saturated heterocycles. The van der Waals surface area contributed by atoms with Crippen molar-refractivity contribution in [2.75, 3.05) is 18.0 Å². The maximum Gasteiger partial charge on any atom is 0.380 e. The monoisotopic (exact) mass is 382 g/mol. The number of rotatable bonds is 4. The lowest BCUT2D eigenvalue weighted by Crippen LogP contribution is -2.53. The van der Waals surface area contributed by atoms with Gasteiger partial charge in [0.25, 0.3) is 5.78 Å². The van der Waals surface area contributed by atoms with E-state index in [0.717, 1.165) is 28.9 Å². The van der Waals surface area contributed by atoms with Crippen LogP contribution in [0.25, 0.3) is 0 Å². The molecule has 2 rings (SSSR count). The Labute approximate surface area is 145 Å². The van der Waals surface area contributed by atoms with Gasteiger partial charge in [0.15, 0.2) is 0 Å². The molecule has 126 valence electrons. The number of carbonyl (C=O) groups excluding carboxylic acids is 2. The number of Topliss-reactive ketones (excluding diaryl/α,β-unsaturated/α-hetero) is 1. The number of nitrogens with zero attached hydrogens (tertiary/aromatic N) is 2. The zero-order valence-electron chi connectivity index (χ0n) is 14.5. The molecule has 0 bridgehead atoms. The number of carbonyl (C=O) groups is 2. The number of ketones is 1. The summed E-state index contributed by atoms with van der Waals surface area (Å²) < 4.78 is 5.83. The fourth-order valence-corrected chi connectivity index (χ4v) is 3.43. The molecule has 6 heteroatoms. The van der Waals surface area contributed by atoms with Crippen LogP contribution < -0.4 is 4.90 Å². The number of esters is 1. The predicted molar refractivity (Wildman–Crippen MR) is 93.0 cm³/mol. The maximum atomic E-state index is 12.6. The van der Waals surface area contributed by atoms with Gasteiger partial charge in [-0.3, -0.25) is 9.78 Å². The van der Waals surface area contributed by atoms with E-state index in [1.807, 2.05) is 6.92 Å². The van der Waals surface area contributed by atoms with Gasteiger partial charge in [-0.05, 0) is 49.0 Å². The second kappa shape index (κ2) is 6.23. The van der Waals surface area contributed by atoms with E-state index >= 15 is 0 Å². The molecule has 0 saturated carbocycles. The normalized spacial score (nSPS) is 16.3. The second-order valence-electron chi connectivity index (χ2n) is 7.12. The molecule has 0 radical (unpaired) electrons. The van der Waals surface area contributed by atoms with Crippen LogP contribution in [0, 0.1) is 19.3 Å². The molecule has 2 heterocycles. The number of hydrogen-bond donors (Lipinski definition) is 0. The van der Waals surface area contributed by atoms with Crippen molar-refractivity contribution in [2.24, 2.45) is 5.41 Å². The number of aromatic nitrogens is 1. The fourth-order valence-electron chi connectivity index (χ4n) is 2.89. The van der Waals surface area contributed by atoms with Gasteiger partial charge >= 0.3 is 5.97 Å². The van der Waals surface area contributed by atoms with Crippen molar-refractivity contribution in [3.63, 3.8) is 0 Å². The van der Waals surface area contributed by atoms with Gasteiger partial charge in [0.1, 0.15) is 0 Å². The third-order valence-corrected chi connectivity index (χ3v) is 4.72. The van der Waals surface area contributed by atoms with Crippen LogP contribution in [-0.4, -0.2) is 35.9 Å². The SMILES string of the molecule is Cc1nc(C)c(C(=O)C(=O)OC(C)C)c(N2CC(C)(C)C2)c1Br. The van der Waals surface area contributed by atoms with Gasteiger partial charge < -0.3 is 9.64 Å². The first-order valence-electron chi connectivity index (χ1n) is 7.70. The van der Waals surface area contributed by atoms with E-state index in [1.54, 1.807) is 20.8 Å². The molecule has 1 fully saturated rings. The largest absolute Gasteiger partial charge is 0.457 e. The molecule has 1 aromatic rings. The number of anilines is 1. The van der Waals surface area contributed by atoms with E-state index < -0.39 is 11.8 Å². The van der Waals surface area contributed by atoms with Crippen LogP contribution in [0.1, 0.15) is 49.4 Å². The van der Waals surface area contributed by atoms with E-state index in [2.05, 4.69) is 39.7 Å². The van der Waals surface area contributed by atoms with Gasteiger partial charge in [0.2, 0.25) is 0 Å². The lowest BCUT2D eigenvalue weighted by atomic mass is 9.83. The zero-order valence-corrected chi connectivity index (χ0v) is 16.1. The van der Waals surface area contributed by atoms with Crippen LogP contribution in [0.3, 0.4) is 0 Å². The highest BCUT2D eigenvalue weighted by Gasteiger charge is 2.39.